The molecule has 5 rings (SSSR count). The Hall–Kier alpha value is -0.960. The van der Waals surface area contributed by atoms with Crippen LogP contribution >= 0.6 is 31.2 Å². The number of aliphatic hydroxyl groups is 1. The maximum atomic E-state index is 12.4. The fraction of sp³-hybridized carbons (Fsp3) is 0.312. The zero-order valence-corrected chi connectivity index (χ0v) is 20.8. The van der Waals surface area contributed by atoms with Crippen molar-refractivity contribution in [2.45, 2.75) is 34.6 Å². The molecule has 0 saturated carbocycles. The zero-order valence-electron chi connectivity index (χ0n) is 16.4. The second-order valence-electron chi connectivity index (χ2n) is 6.81. The number of imidazole rings is 1. The number of aromatic nitrogens is 4. The van der Waals surface area contributed by atoms with E-state index in [4.69, 9.17) is 26.6 Å². The summed E-state index contributed by atoms with van der Waals surface area (Å²) in [4.78, 5) is 35.7. The van der Waals surface area contributed by atoms with E-state index in [0.717, 1.165) is 4.90 Å². The van der Waals surface area contributed by atoms with Crippen molar-refractivity contribution >= 4 is 48.3 Å². The molecule has 3 aromatic rings. The Bertz CT molecular complexity index is 1270. The monoisotopic (exact) mass is 509 g/mol. The predicted molar refractivity (Wildman–Crippen MR) is 106 cm³/mol. The van der Waals surface area contributed by atoms with Gasteiger partial charge in [0.25, 0.3) is 13.4 Å². The van der Waals surface area contributed by atoms with Crippen LogP contribution in [0.5, 0.6) is 0 Å². The first-order valence-corrected chi connectivity index (χ1v) is 11.6. The van der Waals surface area contributed by atoms with Crippen molar-refractivity contribution in [3.8, 4) is 0 Å². The number of hydrogen-bond donors (Lipinski definition) is 3. The maximum absolute atomic E-state index is 12.4. The Kier molecular flexibility index (Phi) is 6.80. The summed E-state index contributed by atoms with van der Waals surface area (Å²) in [5, 5.41) is 11.6. The van der Waals surface area contributed by atoms with Crippen LogP contribution in [0.3, 0.4) is 0 Å². The Labute approximate surface area is 211 Å². The first kappa shape index (κ1) is 24.2. The molecule has 4 N–H and O–H groups in total. The van der Waals surface area contributed by atoms with Gasteiger partial charge in [-0.05, 0) is 24.3 Å². The molecule has 1 unspecified atom stereocenters. The number of H-pyrrole nitrogens is 1. The van der Waals surface area contributed by atoms with E-state index in [0.29, 0.717) is 5.02 Å². The fourth-order valence-electron chi connectivity index (χ4n) is 3.43. The number of anilines is 1. The van der Waals surface area contributed by atoms with Gasteiger partial charge in [-0.1, -0.05) is 23.4 Å². The standard InChI is InChI=1S/C16H15ClN5O7PS.Na/c17-6-1-3-7(4-2-6)31-16-19-9-12(20-15(18)21-13(9)24)22(16)14-10(23)11-8(28-14)5-27-30(25,26)29-11;/h1-4,8,10-11,14,23H,5H2,(H,25,26)(H3,18,20,21,24);/q;+1/p-1/t8-,10+,11+,14-;/m0./s1. The minimum atomic E-state index is -4.56. The second kappa shape index (κ2) is 9.01. The van der Waals surface area contributed by atoms with Gasteiger partial charge in [-0.15, -0.1) is 0 Å². The van der Waals surface area contributed by atoms with Crippen LogP contribution in [0.4, 0.5) is 5.95 Å². The van der Waals surface area contributed by atoms with Crippen LogP contribution in [0.2, 0.25) is 5.02 Å². The molecule has 0 bridgehead atoms. The van der Waals surface area contributed by atoms with Crippen molar-refractivity contribution in [1.82, 2.24) is 19.5 Å². The number of benzene rings is 1. The molecule has 16 heteroatoms. The summed E-state index contributed by atoms with van der Waals surface area (Å²) in [7, 11) is -4.56. The van der Waals surface area contributed by atoms with E-state index >= 15 is 0 Å². The molecule has 164 valence electrons. The third-order valence-corrected chi connectivity index (χ3v) is 6.97. The second-order valence-corrected chi connectivity index (χ2v) is 9.65. The predicted octanol–water partition coefficient (Wildman–Crippen LogP) is -2.35. The van der Waals surface area contributed by atoms with E-state index in [1.54, 1.807) is 24.3 Å². The SMILES string of the molecule is Nc1nc2c(nc(Sc3ccc(Cl)cc3)n2[C@H]2O[C@H]3COP(=O)([O-])O[C@H]3[C@H]2O)c(=O)[nH]1.[Na+]. The van der Waals surface area contributed by atoms with Gasteiger partial charge in [0.05, 0.1) is 6.61 Å². The third kappa shape index (κ3) is 4.40. The average molecular weight is 510 g/mol. The molecule has 4 heterocycles. The molecule has 1 aromatic carbocycles. The van der Waals surface area contributed by atoms with Crippen LogP contribution in [-0.4, -0.2) is 49.5 Å². The number of ether oxygens (including phenoxy) is 1. The molecule has 5 atom stereocenters. The molecule has 0 radical (unpaired) electrons. The smallest absolute Gasteiger partial charge is 0.756 e. The van der Waals surface area contributed by atoms with Crippen LogP contribution in [-0.2, 0) is 18.3 Å². The van der Waals surface area contributed by atoms with Crippen molar-refractivity contribution in [3.63, 3.8) is 0 Å². The quantitative estimate of drug-likeness (QED) is 0.254. The van der Waals surface area contributed by atoms with Crippen LogP contribution < -0.4 is 45.7 Å². The van der Waals surface area contributed by atoms with E-state index in [1.807, 2.05) is 0 Å². The van der Waals surface area contributed by atoms with Crippen molar-refractivity contribution in [1.29, 1.82) is 0 Å². The summed E-state index contributed by atoms with van der Waals surface area (Å²) in [6.07, 6.45) is -4.63. The molecule has 2 aliphatic rings. The number of phosphoric acid groups is 1. The van der Waals surface area contributed by atoms with Crippen LogP contribution in [0, 0.1) is 0 Å². The third-order valence-electron chi connectivity index (χ3n) is 4.77. The molecule has 2 saturated heterocycles. The van der Waals surface area contributed by atoms with Crippen LogP contribution in [0.1, 0.15) is 6.23 Å². The van der Waals surface area contributed by atoms with Crippen LogP contribution in [0.25, 0.3) is 11.2 Å². The summed E-state index contributed by atoms with van der Waals surface area (Å²) in [5.41, 5.74) is 5.16. The van der Waals surface area contributed by atoms with Gasteiger partial charge in [-0.25, -0.2) is 4.98 Å². The Morgan fingerprint density at radius 3 is 2.78 bits per heavy atom. The van der Waals surface area contributed by atoms with Gasteiger partial charge in [0.15, 0.2) is 22.5 Å². The number of nitrogens with two attached hydrogens (primary N) is 1. The maximum Gasteiger partial charge on any atom is 1.00 e. The molecule has 12 nitrogen and oxygen atoms in total. The number of nitrogen functional groups attached to an aromatic ring is 1. The minimum absolute atomic E-state index is 0. The van der Waals surface area contributed by atoms with Crippen molar-refractivity contribution in [3.05, 3.63) is 39.6 Å². The van der Waals surface area contributed by atoms with Gasteiger partial charge < -0.3 is 29.5 Å². The number of hydrogen-bond acceptors (Lipinski definition) is 11. The zero-order chi connectivity index (χ0) is 21.9. The largest absolute Gasteiger partial charge is 1.00 e. The number of nitrogens with zero attached hydrogens (tertiary/aromatic N) is 3. The first-order chi connectivity index (χ1) is 14.7. The van der Waals surface area contributed by atoms with E-state index in [1.165, 1.54) is 16.3 Å². The number of phosphoric ester groups is 1. The van der Waals surface area contributed by atoms with Gasteiger partial charge in [0, 0.05) is 9.92 Å². The van der Waals surface area contributed by atoms with E-state index in [-0.39, 0.29) is 58.4 Å². The normalized spacial score (nSPS) is 29.6. The van der Waals surface area contributed by atoms with Gasteiger partial charge in [-0.2, -0.15) is 4.98 Å². The number of rotatable bonds is 3. The minimum Gasteiger partial charge on any atom is -0.756 e. The summed E-state index contributed by atoms with van der Waals surface area (Å²) in [6.45, 7) is -0.318. The molecule has 2 aliphatic heterocycles. The summed E-state index contributed by atoms with van der Waals surface area (Å²) >= 11 is 7.10. The number of aliphatic hydroxyl groups excluding tert-OH is 1. The number of nitrogens with one attached hydrogen (secondary N) is 1. The summed E-state index contributed by atoms with van der Waals surface area (Å²) in [5.74, 6) is -0.157. The molecular formula is C16H14ClN5NaO7PS. The van der Waals surface area contributed by atoms with Gasteiger partial charge in [0.2, 0.25) is 5.95 Å². The van der Waals surface area contributed by atoms with E-state index in [9.17, 15) is 19.4 Å². The molecule has 2 fully saturated rings. The Morgan fingerprint density at radius 1 is 1.34 bits per heavy atom. The van der Waals surface area contributed by atoms with Crippen molar-refractivity contribution < 1.29 is 57.9 Å². The molecule has 2 aromatic heterocycles. The van der Waals surface area contributed by atoms with Gasteiger partial charge >= 0.3 is 29.6 Å². The molecule has 0 spiro atoms. The van der Waals surface area contributed by atoms with Crippen molar-refractivity contribution in [2.75, 3.05) is 12.3 Å². The number of fused-ring (bicyclic) bond motifs is 2. The number of halogens is 1. The molecule has 0 aliphatic carbocycles. The van der Waals surface area contributed by atoms with Crippen molar-refractivity contribution in [2.24, 2.45) is 0 Å². The van der Waals surface area contributed by atoms with E-state index < -0.39 is 37.9 Å². The molecular weight excluding hydrogens is 496 g/mol. The van der Waals surface area contributed by atoms with E-state index in [2.05, 4.69) is 19.5 Å². The van der Waals surface area contributed by atoms with Gasteiger partial charge in [-0.3, -0.25) is 18.9 Å². The fourth-order valence-corrected chi connectivity index (χ4v) is 5.42. The molecule has 0 amide bonds. The summed E-state index contributed by atoms with van der Waals surface area (Å²) in [6, 6.07) is 6.87. The average Bonchev–Trinajstić information content (AvgIpc) is 3.20. The topological polar surface area (TPSA) is 178 Å². The van der Waals surface area contributed by atoms with Crippen LogP contribution in [0.15, 0.2) is 39.1 Å². The Morgan fingerprint density at radius 2 is 2.06 bits per heavy atom. The Balaban J connectivity index is 0.00000245. The first-order valence-electron chi connectivity index (χ1n) is 8.90. The summed E-state index contributed by atoms with van der Waals surface area (Å²) < 4.78 is 28.5. The number of aromatic amines is 1. The van der Waals surface area contributed by atoms with Gasteiger partial charge in [0.1, 0.15) is 18.3 Å². The molecule has 32 heavy (non-hydrogen) atoms.